The summed E-state index contributed by atoms with van der Waals surface area (Å²) in [5.74, 6) is -0.637. The highest BCUT2D eigenvalue weighted by atomic mass is 19.4. The van der Waals surface area contributed by atoms with E-state index < -0.39 is 12.0 Å². The fourth-order valence-corrected chi connectivity index (χ4v) is 3.28. The highest BCUT2D eigenvalue weighted by Crippen LogP contribution is 2.27. The molecule has 162 valence electrons. The number of aryl methyl sites for hydroxylation is 2. The normalized spacial score (nSPS) is 12.1. The Bertz CT molecular complexity index is 830. The van der Waals surface area contributed by atoms with E-state index in [1.165, 1.54) is 19.3 Å². The number of nitrogens with zero attached hydrogens (tertiary/aromatic N) is 4. The predicted octanol–water partition coefficient (Wildman–Crippen LogP) is 4.42. The molecule has 0 saturated carbocycles. The molecule has 0 bridgehead atoms. The lowest BCUT2D eigenvalue weighted by Crippen LogP contribution is -2.25. The van der Waals surface area contributed by atoms with Crippen molar-refractivity contribution < 1.29 is 18.0 Å². The Hall–Kier alpha value is -2.19. The van der Waals surface area contributed by atoms with Gasteiger partial charge in [0.15, 0.2) is 0 Å². The minimum absolute atomic E-state index is 0.0688. The molecule has 1 N–H and O–H groups in total. The zero-order valence-corrected chi connectivity index (χ0v) is 17.6. The maximum Gasteiger partial charge on any atom is 0.453 e. The molecule has 0 spiro atoms. The largest absolute Gasteiger partial charge is 0.453 e. The number of aromatic nitrogens is 4. The summed E-state index contributed by atoms with van der Waals surface area (Å²) in [6.45, 7) is 8.46. The van der Waals surface area contributed by atoms with Gasteiger partial charge in [0.1, 0.15) is 0 Å². The van der Waals surface area contributed by atoms with Crippen molar-refractivity contribution >= 4 is 11.7 Å². The van der Waals surface area contributed by atoms with Gasteiger partial charge in [-0.15, -0.1) is 5.10 Å². The van der Waals surface area contributed by atoms with Crippen LogP contribution in [0, 0.1) is 19.8 Å². The minimum Gasteiger partial charge on any atom is -0.356 e. The molecule has 1 amide bonds. The molecule has 0 radical (unpaired) electrons. The van der Waals surface area contributed by atoms with E-state index in [1.807, 2.05) is 0 Å². The number of fused-ring (bicyclic) bond motifs is 1. The number of carbonyl (C=O) groups is 1. The van der Waals surface area contributed by atoms with Crippen molar-refractivity contribution in [3.8, 4) is 0 Å². The molecule has 0 unspecified atom stereocenters. The molecule has 29 heavy (non-hydrogen) atoms. The van der Waals surface area contributed by atoms with Crippen molar-refractivity contribution in [1.29, 1.82) is 0 Å². The van der Waals surface area contributed by atoms with Gasteiger partial charge in [-0.2, -0.15) is 18.2 Å². The molecule has 0 aromatic carbocycles. The molecule has 0 aliphatic carbocycles. The average Bonchev–Trinajstić information content (AvgIpc) is 3.05. The maximum absolute atomic E-state index is 12.8. The summed E-state index contributed by atoms with van der Waals surface area (Å²) in [5, 5.41) is 6.44. The van der Waals surface area contributed by atoms with E-state index in [0.29, 0.717) is 24.4 Å². The second kappa shape index (κ2) is 10.0. The van der Waals surface area contributed by atoms with Gasteiger partial charge >= 0.3 is 6.18 Å². The van der Waals surface area contributed by atoms with Crippen molar-refractivity contribution in [2.24, 2.45) is 5.92 Å². The van der Waals surface area contributed by atoms with Crippen molar-refractivity contribution in [3.63, 3.8) is 0 Å². The Labute approximate surface area is 169 Å². The number of amides is 1. The van der Waals surface area contributed by atoms with Crippen molar-refractivity contribution in [3.05, 3.63) is 22.8 Å². The van der Waals surface area contributed by atoms with Crippen molar-refractivity contribution in [1.82, 2.24) is 24.9 Å². The molecule has 0 aliphatic rings. The zero-order valence-electron chi connectivity index (χ0n) is 17.6. The number of nitrogens with one attached hydrogen (secondary N) is 1. The topological polar surface area (TPSA) is 72.2 Å². The molecule has 0 saturated heterocycles. The van der Waals surface area contributed by atoms with Crippen LogP contribution in [0.15, 0.2) is 0 Å². The van der Waals surface area contributed by atoms with E-state index in [0.717, 1.165) is 28.8 Å². The second-order valence-corrected chi connectivity index (χ2v) is 7.85. The van der Waals surface area contributed by atoms with Crippen LogP contribution in [0.25, 0.3) is 5.78 Å². The van der Waals surface area contributed by atoms with Crippen LogP contribution < -0.4 is 5.32 Å². The van der Waals surface area contributed by atoms with Gasteiger partial charge in [-0.05, 0) is 38.2 Å². The number of rotatable bonds is 10. The van der Waals surface area contributed by atoms with Crippen LogP contribution in [0.4, 0.5) is 13.2 Å². The van der Waals surface area contributed by atoms with Gasteiger partial charge in [0.25, 0.3) is 11.6 Å². The number of hydrogen-bond donors (Lipinski definition) is 1. The first kappa shape index (κ1) is 23.1. The third-order valence-corrected chi connectivity index (χ3v) is 4.93. The number of halogens is 3. The number of unbranched alkanes of at least 4 members (excludes halogenated alkanes) is 3. The van der Waals surface area contributed by atoms with Gasteiger partial charge in [0.05, 0.1) is 0 Å². The molecule has 6 nitrogen and oxygen atoms in total. The van der Waals surface area contributed by atoms with Crippen LogP contribution in [0.2, 0.25) is 0 Å². The molecule has 2 aromatic heterocycles. The minimum atomic E-state index is -4.62. The number of carbonyl (C=O) groups excluding carboxylic acids is 1. The van der Waals surface area contributed by atoms with Crippen LogP contribution in [-0.4, -0.2) is 32.0 Å². The standard InChI is InChI=1S/C20H30F3N5O/c1-13(2)9-7-5-6-8-12-24-17(29)11-10-16-14(3)25-19-26-18(20(21,22)23)27-28(19)15(16)4/h13H,5-12H2,1-4H3,(H,24,29). The summed E-state index contributed by atoms with van der Waals surface area (Å²) in [7, 11) is 0. The smallest absolute Gasteiger partial charge is 0.356 e. The first-order valence-electron chi connectivity index (χ1n) is 10.2. The summed E-state index contributed by atoms with van der Waals surface area (Å²) in [5.41, 5.74) is 1.81. The quantitative estimate of drug-likeness (QED) is 0.586. The molecular formula is C20H30F3N5O. The molecular weight excluding hydrogens is 383 g/mol. The molecule has 0 atom stereocenters. The van der Waals surface area contributed by atoms with Crippen LogP contribution in [0.3, 0.4) is 0 Å². The lowest BCUT2D eigenvalue weighted by Gasteiger charge is -2.10. The summed E-state index contributed by atoms with van der Waals surface area (Å²) >= 11 is 0. The monoisotopic (exact) mass is 413 g/mol. The summed E-state index contributed by atoms with van der Waals surface area (Å²) in [4.78, 5) is 19.7. The first-order chi connectivity index (χ1) is 13.6. The molecule has 0 fully saturated rings. The van der Waals surface area contributed by atoms with Gasteiger partial charge in [0, 0.05) is 24.4 Å². The van der Waals surface area contributed by atoms with E-state index in [2.05, 4.69) is 34.2 Å². The fraction of sp³-hybridized carbons (Fsp3) is 0.700. The third kappa shape index (κ3) is 6.68. The van der Waals surface area contributed by atoms with E-state index >= 15 is 0 Å². The average molecular weight is 413 g/mol. The Kier molecular flexibility index (Phi) is 7.98. The molecule has 0 aliphatic heterocycles. The lowest BCUT2D eigenvalue weighted by molar-refractivity contribution is -0.144. The predicted molar refractivity (Wildman–Crippen MR) is 105 cm³/mol. The van der Waals surface area contributed by atoms with Crippen LogP contribution >= 0.6 is 0 Å². The third-order valence-electron chi connectivity index (χ3n) is 4.93. The number of hydrogen-bond acceptors (Lipinski definition) is 4. The van der Waals surface area contributed by atoms with Crippen LogP contribution in [-0.2, 0) is 17.4 Å². The summed E-state index contributed by atoms with van der Waals surface area (Å²) in [6.07, 6.45) is 1.70. The Balaban J connectivity index is 1.86. The zero-order chi connectivity index (χ0) is 21.6. The Morgan fingerprint density at radius 1 is 1.10 bits per heavy atom. The summed E-state index contributed by atoms with van der Waals surface area (Å²) < 4.78 is 39.6. The van der Waals surface area contributed by atoms with Crippen molar-refractivity contribution in [2.75, 3.05) is 6.54 Å². The van der Waals surface area contributed by atoms with Crippen LogP contribution in [0.1, 0.15) is 75.1 Å². The van der Waals surface area contributed by atoms with Gasteiger partial charge in [-0.25, -0.2) is 9.50 Å². The SMILES string of the molecule is Cc1nc2nc(C(F)(F)F)nn2c(C)c1CCC(=O)NCCCCCCC(C)C. The van der Waals surface area contributed by atoms with Gasteiger partial charge in [-0.3, -0.25) is 4.79 Å². The van der Waals surface area contributed by atoms with E-state index in [9.17, 15) is 18.0 Å². The fourth-order valence-electron chi connectivity index (χ4n) is 3.28. The van der Waals surface area contributed by atoms with Gasteiger partial charge < -0.3 is 5.32 Å². The molecule has 9 heteroatoms. The Morgan fingerprint density at radius 3 is 2.45 bits per heavy atom. The van der Waals surface area contributed by atoms with Gasteiger partial charge in [0.2, 0.25) is 5.91 Å². The highest BCUT2D eigenvalue weighted by molar-refractivity contribution is 5.76. The second-order valence-electron chi connectivity index (χ2n) is 7.85. The van der Waals surface area contributed by atoms with Crippen LogP contribution in [0.5, 0.6) is 0 Å². The summed E-state index contributed by atoms with van der Waals surface area (Å²) in [6, 6.07) is 0. The lowest BCUT2D eigenvalue weighted by atomic mass is 10.0. The van der Waals surface area contributed by atoms with Gasteiger partial charge in [-0.1, -0.05) is 39.5 Å². The molecule has 2 heterocycles. The van der Waals surface area contributed by atoms with E-state index in [4.69, 9.17) is 0 Å². The van der Waals surface area contributed by atoms with E-state index in [1.54, 1.807) is 13.8 Å². The molecule has 2 rings (SSSR count). The first-order valence-corrected chi connectivity index (χ1v) is 10.2. The molecule has 2 aromatic rings. The maximum atomic E-state index is 12.8. The number of alkyl halides is 3. The Morgan fingerprint density at radius 2 is 1.79 bits per heavy atom. The van der Waals surface area contributed by atoms with Crippen molar-refractivity contribution in [2.45, 2.75) is 78.8 Å². The van der Waals surface area contributed by atoms with E-state index in [-0.39, 0.29) is 18.1 Å². The highest BCUT2D eigenvalue weighted by Gasteiger charge is 2.36.